The summed E-state index contributed by atoms with van der Waals surface area (Å²) in [6.45, 7) is 5.17. The molecule has 0 fully saturated rings. The highest BCUT2D eigenvalue weighted by molar-refractivity contribution is 5.67. The van der Waals surface area contributed by atoms with E-state index in [-0.39, 0.29) is 25.9 Å². The van der Waals surface area contributed by atoms with Crippen molar-refractivity contribution in [2.45, 2.75) is 64.7 Å². The number of ether oxygens (including phenoxy) is 5. The van der Waals surface area contributed by atoms with E-state index in [1.165, 1.54) is 17.5 Å². The molecule has 0 saturated heterocycles. The van der Waals surface area contributed by atoms with Gasteiger partial charge in [0.15, 0.2) is 12.5 Å². The van der Waals surface area contributed by atoms with E-state index in [9.17, 15) is 9.59 Å². The average molecular weight is 551 g/mol. The fourth-order valence-electron chi connectivity index (χ4n) is 4.31. The lowest BCUT2D eigenvalue weighted by atomic mass is 9.84. The number of unbranched alkanes of at least 4 members (excludes halogenated alkanes) is 2. The molecule has 0 bridgehead atoms. The molecule has 1 aliphatic rings. The SMILES string of the molecule is CCCCCc1cc(OCN(C)C(=O)OCCOC)c(C2C=C(C)CCC2)c(ON(C)C(=O)OCCOC)c1. The summed E-state index contributed by atoms with van der Waals surface area (Å²) in [5.41, 5.74) is 3.16. The van der Waals surface area contributed by atoms with E-state index in [1.54, 1.807) is 21.3 Å². The fourth-order valence-corrected chi connectivity index (χ4v) is 4.31. The van der Waals surface area contributed by atoms with Crippen LogP contribution in [0.3, 0.4) is 0 Å². The van der Waals surface area contributed by atoms with E-state index < -0.39 is 12.2 Å². The van der Waals surface area contributed by atoms with Crippen molar-refractivity contribution in [3.8, 4) is 11.5 Å². The molecule has 1 aromatic rings. The quantitative estimate of drug-likeness (QED) is 0.112. The van der Waals surface area contributed by atoms with Crippen molar-refractivity contribution in [1.82, 2.24) is 9.96 Å². The summed E-state index contributed by atoms with van der Waals surface area (Å²) in [4.78, 5) is 32.4. The molecular formula is C29H46N2O8. The average Bonchev–Trinajstić information content (AvgIpc) is 2.91. The second-order valence-electron chi connectivity index (χ2n) is 9.75. The molecule has 0 N–H and O–H groups in total. The van der Waals surface area contributed by atoms with Gasteiger partial charge in [0.05, 0.1) is 20.3 Å². The Balaban J connectivity index is 2.39. The topological polar surface area (TPSA) is 96.0 Å². The highest BCUT2D eigenvalue weighted by Gasteiger charge is 2.26. The number of hydrogen-bond acceptors (Lipinski definition) is 8. The molecule has 1 unspecified atom stereocenters. The van der Waals surface area contributed by atoms with Crippen LogP contribution in [-0.2, 0) is 25.4 Å². The molecule has 0 saturated carbocycles. The predicted molar refractivity (Wildman–Crippen MR) is 148 cm³/mol. The molecule has 2 amide bonds. The van der Waals surface area contributed by atoms with Gasteiger partial charge in [-0.15, -0.1) is 5.06 Å². The van der Waals surface area contributed by atoms with Crippen LogP contribution in [0.1, 0.15) is 69.4 Å². The molecule has 10 nitrogen and oxygen atoms in total. The van der Waals surface area contributed by atoms with E-state index in [2.05, 4.69) is 19.9 Å². The largest absolute Gasteiger partial charge is 0.472 e. The number of benzene rings is 1. The molecule has 1 aliphatic carbocycles. The first-order valence-electron chi connectivity index (χ1n) is 13.7. The number of methoxy groups -OCH3 is 2. The van der Waals surface area contributed by atoms with Crippen LogP contribution in [0, 0.1) is 0 Å². The maximum atomic E-state index is 12.6. The highest BCUT2D eigenvalue weighted by Crippen LogP contribution is 2.43. The zero-order valence-corrected chi connectivity index (χ0v) is 24.5. The van der Waals surface area contributed by atoms with Crippen molar-refractivity contribution in [3.05, 3.63) is 34.9 Å². The van der Waals surface area contributed by atoms with Crippen LogP contribution in [0.5, 0.6) is 11.5 Å². The first kappa shape index (κ1) is 32.2. The van der Waals surface area contributed by atoms with Crippen LogP contribution in [0.2, 0.25) is 0 Å². The summed E-state index contributed by atoms with van der Waals surface area (Å²) < 4.78 is 26.6. The molecule has 0 aromatic heterocycles. The van der Waals surface area contributed by atoms with Crippen molar-refractivity contribution in [2.24, 2.45) is 0 Å². The van der Waals surface area contributed by atoms with Gasteiger partial charge < -0.3 is 28.5 Å². The summed E-state index contributed by atoms with van der Waals surface area (Å²) in [7, 11) is 6.23. The van der Waals surface area contributed by atoms with Gasteiger partial charge in [0, 0.05) is 32.7 Å². The van der Waals surface area contributed by atoms with Gasteiger partial charge in [0.1, 0.15) is 19.0 Å². The number of hydrogen-bond donors (Lipinski definition) is 0. The summed E-state index contributed by atoms with van der Waals surface area (Å²) in [6.07, 6.45) is 8.13. The summed E-state index contributed by atoms with van der Waals surface area (Å²) in [5, 5.41) is 1.09. The monoisotopic (exact) mass is 550 g/mol. The Labute approximate surface area is 233 Å². The van der Waals surface area contributed by atoms with Crippen LogP contribution in [0.4, 0.5) is 9.59 Å². The molecular weight excluding hydrogens is 504 g/mol. The second-order valence-corrected chi connectivity index (χ2v) is 9.75. The van der Waals surface area contributed by atoms with Gasteiger partial charge in [-0.25, -0.2) is 9.59 Å². The third-order valence-corrected chi connectivity index (χ3v) is 6.42. The molecule has 220 valence electrons. The minimum absolute atomic E-state index is 0.0129. The third kappa shape index (κ3) is 11.0. The Morgan fingerprint density at radius 2 is 1.62 bits per heavy atom. The maximum absolute atomic E-state index is 12.6. The Morgan fingerprint density at radius 1 is 0.949 bits per heavy atom. The predicted octanol–water partition coefficient (Wildman–Crippen LogP) is 5.69. The number of carbonyl (C=O) groups is 2. The molecule has 10 heteroatoms. The molecule has 1 aromatic carbocycles. The van der Waals surface area contributed by atoms with Crippen LogP contribution < -0.4 is 9.57 Å². The first-order chi connectivity index (χ1) is 18.8. The van der Waals surface area contributed by atoms with Crippen molar-refractivity contribution < 1.29 is 38.1 Å². The summed E-state index contributed by atoms with van der Waals surface area (Å²) in [5.74, 6) is 1.18. The first-order valence-corrected chi connectivity index (χ1v) is 13.7. The van der Waals surface area contributed by atoms with Crippen LogP contribution in [-0.4, -0.2) is 83.6 Å². The van der Waals surface area contributed by atoms with Gasteiger partial charge in [-0.2, -0.15) is 0 Å². The van der Waals surface area contributed by atoms with Crippen LogP contribution in [0.15, 0.2) is 23.8 Å². The minimum atomic E-state index is -0.620. The van der Waals surface area contributed by atoms with Gasteiger partial charge in [0.2, 0.25) is 0 Å². The highest BCUT2D eigenvalue weighted by atomic mass is 16.7. The second kappa shape index (κ2) is 17.6. The Bertz CT molecular complexity index is 936. The van der Waals surface area contributed by atoms with Gasteiger partial charge in [-0.05, 0) is 56.7 Å². The zero-order chi connectivity index (χ0) is 28.6. The van der Waals surface area contributed by atoms with E-state index in [0.29, 0.717) is 24.7 Å². The van der Waals surface area contributed by atoms with Gasteiger partial charge in [0.25, 0.3) is 0 Å². The number of carbonyl (C=O) groups excluding carboxylic acids is 2. The van der Waals surface area contributed by atoms with Crippen molar-refractivity contribution in [2.75, 3.05) is 61.5 Å². The van der Waals surface area contributed by atoms with E-state index in [4.69, 9.17) is 28.5 Å². The van der Waals surface area contributed by atoms with Crippen LogP contribution >= 0.6 is 0 Å². The van der Waals surface area contributed by atoms with E-state index in [0.717, 1.165) is 61.1 Å². The molecule has 39 heavy (non-hydrogen) atoms. The lowest BCUT2D eigenvalue weighted by molar-refractivity contribution is -0.0336. The Kier molecular flexibility index (Phi) is 14.5. The molecule has 2 rings (SSSR count). The minimum Gasteiger partial charge on any atom is -0.472 e. The van der Waals surface area contributed by atoms with Crippen LogP contribution in [0.25, 0.3) is 0 Å². The number of nitrogens with zero attached hydrogens (tertiary/aromatic N) is 2. The number of rotatable bonds is 16. The molecule has 0 aliphatic heterocycles. The molecule has 0 spiro atoms. The summed E-state index contributed by atoms with van der Waals surface area (Å²) in [6, 6.07) is 4.01. The Morgan fingerprint density at radius 3 is 2.26 bits per heavy atom. The number of aryl methyl sites for hydroxylation is 1. The number of hydroxylamine groups is 2. The normalized spacial score (nSPS) is 14.8. The maximum Gasteiger partial charge on any atom is 0.443 e. The molecule has 0 radical (unpaired) electrons. The van der Waals surface area contributed by atoms with Gasteiger partial charge >= 0.3 is 12.2 Å². The standard InChI is InChI=1S/C29H46N2O8/c1-7-8-9-12-23-19-25(38-21-30(3)28(32)36-16-14-34-5)27(24-13-10-11-22(2)18-24)26(20-23)39-31(4)29(33)37-17-15-35-6/h18-20,24H,7-17,21H2,1-6H3. The Hall–Kier alpha value is -2.98. The van der Waals surface area contributed by atoms with E-state index >= 15 is 0 Å². The van der Waals surface area contributed by atoms with Gasteiger partial charge in [-0.3, -0.25) is 4.90 Å². The summed E-state index contributed by atoms with van der Waals surface area (Å²) >= 11 is 0. The number of allylic oxidation sites excluding steroid dienone is 2. The van der Waals surface area contributed by atoms with E-state index in [1.807, 2.05) is 12.1 Å². The number of amides is 2. The fraction of sp³-hybridized carbons (Fsp3) is 0.655. The van der Waals surface area contributed by atoms with Gasteiger partial charge in [-0.1, -0.05) is 31.4 Å². The lowest BCUT2D eigenvalue weighted by Gasteiger charge is -2.28. The zero-order valence-electron chi connectivity index (χ0n) is 24.5. The lowest BCUT2D eigenvalue weighted by Crippen LogP contribution is -2.33. The van der Waals surface area contributed by atoms with Crippen molar-refractivity contribution in [1.29, 1.82) is 0 Å². The molecule has 1 atom stereocenters. The third-order valence-electron chi connectivity index (χ3n) is 6.42. The molecule has 0 heterocycles. The van der Waals surface area contributed by atoms with Crippen molar-refractivity contribution >= 4 is 12.2 Å². The van der Waals surface area contributed by atoms with Crippen molar-refractivity contribution in [3.63, 3.8) is 0 Å². The smallest absolute Gasteiger partial charge is 0.443 e.